The van der Waals surface area contributed by atoms with Crippen molar-refractivity contribution >= 4 is 23.5 Å². The van der Waals surface area contributed by atoms with Gasteiger partial charge in [0.15, 0.2) is 6.61 Å². The van der Waals surface area contributed by atoms with Crippen LogP contribution in [0.25, 0.3) is 0 Å². The van der Waals surface area contributed by atoms with Crippen LogP contribution in [0.5, 0.6) is 0 Å². The maximum absolute atomic E-state index is 12.0. The normalized spacial score (nSPS) is 10.8. The summed E-state index contributed by atoms with van der Waals surface area (Å²) in [6.07, 6.45) is 0. The van der Waals surface area contributed by atoms with Crippen LogP contribution in [0.2, 0.25) is 0 Å². The zero-order valence-corrected chi connectivity index (χ0v) is 15.8. The van der Waals surface area contributed by atoms with Gasteiger partial charge in [-0.15, -0.1) is 0 Å². The van der Waals surface area contributed by atoms with Crippen molar-refractivity contribution in [3.8, 4) is 0 Å². The maximum atomic E-state index is 12.0. The third-order valence-corrected chi connectivity index (χ3v) is 3.27. The fourth-order valence-electron chi connectivity index (χ4n) is 1.98. The molecule has 0 radical (unpaired) electrons. The van der Waals surface area contributed by atoms with Crippen LogP contribution in [0.4, 0.5) is 5.69 Å². The summed E-state index contributed by atoms with van der Waals surface area (Å²) < 4.78 is 5.02. The summed E-state index contributed by atoms with van der Waals surface area (Å²) in [5, 5.41) is 2.77. The molecule has 0 aliphatic rings. The van der Waals surface area contributed by atoms with Crippen LogP contribution in [0.3, 0.4) is 0 Å². The van der Waals surface area contributed by atoms with Gasteiger partial charge in [0, 0.05) is 32.4 Å². The SMILES string of the molecule is CN(CC(=O)NC(C)(C)C)C(=O)COC(=O)c1ccc(N(C)C)cc1. The molecule has 0 bridgehead atoms. The molecule has 7 nitrogen and oxygen atoms in total. The molecule has 138 valence electrons. The molecule has 0 saturated carbocycles. The van der Waals surface area contributed by atoms with Gasteiger partial charge < -0.3 is 19.9 Å². The Hall–Kier alpha value is -2.57. The lowest BCUT2D eigenvalue weighted by Crippen LogP contribution is -2.46. The van der Waals surface area contributed by atoms with Gasteiger partial charge >= 0.3 is 5.97 Å². The van der Waals surface area contributed by atoms with E-state index >= 15 is 0 Å². The van der Waals surface area contributed by atoms with Crippen molar-refractivity contribution < 1.29 is 19.1 Å². The van der Waals surface area contributed by atoms with Gasteiger partial charge in [0.1, 0.15) is 0 Å². The summed E-state index contributed by atoms with van der Waals surface area (Å²) in [6, 6.07) is 6.87. The van der Waals surface area contributed by atoms with Crippen molar-refractivity contribution in [2.45, 2.75) is 26.3 Å². The zero-order chi connectivity index (χ0) is 19.2. The van der Waals surface area contributed by atoms with Crippen molar-refractivity contribution in [2.24, 2.45) is 0 Å². The number of hydrogen-bond donors (Lipinski definition) is 1. The number of nitrogens with zero attached hydrogens (tertiary/aromatic N) is 2. The van der Waals surface area contributed by atoms with Crippen molar-refractivity contribution in [2.75, 3.05) is 39.2 Å². The molecule has 2 amide bonds. The number of carbonyl (C=O) groups is 3. The molecule has 0 aliphatic heterocycles. The molecule has 1 N–H and O–H groups in total. The summed E-state index contributed by atoms with van der Waals surface area (Å²) in [7, 11) is 5.29. The van der Waals surface area contributed by atoms with E-state index in [1.54, 1.807) is 24.3 Å². The fraction of sp³-hybridized carbons (Fsp3) is 0.500. The van der Waals surface area contributed by atoms with Gasteiger partial charge in [0.05, 0.1) is 12.1 Å². The minimum absolute atomic E-state index is 0.0921. The van der Waals surface area contributed by atoms with Gasteiger partial charge in [-0.25, -0.2) is 4.79 Å². The predicted octanol–water partition coefficient (Wildman–Crippen LogP) is 1.28. The lowest BCUT2D eigenvalue weighted by Gasteiger charge is -2.23. The van der Waals surface area contributed by atoms with Crippen LogP contribution in [0.1, 0.15) is 31.1 Å². The third kappa shape index (κ3) is 7.24. The van der Waals surface area contributed by atoms with Crippen molar-refractivity contribution in [3.05, 3.63) is 29.8 Å². The van der Waals surface area contributed by atoms with E-state index in [1.165, 1.54) is 11.9 Å². The van der Waals surface area contributed by atoms with Gasteiger partial charge in [-0.05, 0) is 45.0 Å². The molecule has 1 aromatic rings. The second-order valence-corrected chi connectivity index (χ2v) is 7.07. The Labute approximate surface area is 148 Å². The Balaban J connectivity index is 2.49. The molecule has 0 saturated heterocycles. The van der Waals surface area contributed by atoms with E-state index in [0.717, 1.165) is 5.69 Å². The summed E-state index contributed by atoms with van der Waals surface area (Å²) >= 11 is 0. The number of rotatable bonds is 6. The minimum atomic E-state index is -0.578. The Morgan fingerprint density at radius 3 is 2.08 bits per heavy atom. The molecular formula is C18H27N3O4. The summed E-state index contributed by atoms with van der Waals surface area (Å²) in [5.41, 5.74) is 0.954. The summed E-state index contributed by atoms with van der Waals surface area (Å²) in [4.78, 5) is 38.9. The van der Waals surface area contributed by atoms with E-state index in [0.29, 0.717) is 5.56 Å². The number of nitrogens with one attached hydrogen (secondary N) is 1. The molecule has 1 rings (SSSR count). The first-order valence-corrected chi connectivity index (χ1v) is 7.99. The van der Waals surface area contributed by atoms with Gasteiger partial charge in [-0.2, -0.15) is 0 Å². The fourth-order valence-corrected chi connectivity index (χ4v) is 1.98. The van der Waals surface area contributed by atoms with Crippen molar-refractivity contribution in [1.29, 1.82) is 0 Å². The average Bonchev–Trinajstić information content (AvgIpc) is 2.50. The number of hydrogen-bond acceptors (Lipinski definition) is 5. The Kier molecular flexibility index (Phi) is 6.97. The topological polar surface area (TPSA) is 79.0 Å². The first-order valence-electron chi connectivity index (χ1n) is 7.99. The lowest BCUT2D eigenvalue weighted by atomic mass is 10.1. The Bertz CT molecular complexity index is 618. The molecule has 25 heavy (non-hydrogen) atoms. The molecule has 7 heteroatoms. The van der Waals surface area contributed by atoms with E-state index in [-0.39, 0.29) is 18.0 Å². The zero-order valence-electron chi connectivity index (χ0n) is 15.8. The Morgan fingerprint density at radius 1 is 1.04 bits per heavy atom. The maximum Gasteiger partial charge on any atom is 0.338 e. The molecule has 0 aliphatic carbocycles. The van der Waals surface area contributed by atoms with Gasteiger partial charge in [-0.3, -0.25) is 9.59 Å². The molecule has 0 unspecified atom stereocenters. The first kappa shape index (κ1) is 20.5. The highest BCUT2D eigenvalue weighted by Gasteiger charge is 2.19. The quantitative estimate of drug-likeness (QED) is 0.783. The third-order valence-electron chi connectivity index (χ3n) is 3.27. The molecule has 0 spiro atoms. The average molecular weight is 349 g/mol. The number of anilines is 1. The van der Waals surface area contributed by atoms with E-state index in [4.69, 9.17) is 4.74 Å². The standard InChI is InChI=1S/C18H27N3O4/c1-18(2,3)19-15(22)11-21(6)16(23)12-25-17(24)13-7-9-14(10-8-13)20(4)5/h7-10H,11-12H2,1-6H3,(H,19,22). The number of benzene rings is 1. The number of esters is 1. The highest BCUT2D eigenvalue weighted by molar-refractivity contribution is 5.92. The predicted molar refractivity (Wildman–Crippen MR) is 96.6 cm³/mol. The first-order chi connectivity index (χ1) is 11.5. The van der Waals surface area contributed by atoms with Crippen LogP contribution in [0, 0.1) is 0 Å². The second-order valence-electron chi connectivity index (χ2n) is 7.07. The minimum Gasteiger partial charge on any atom is -0.452 e. The van der Waals surface area contributed by atoms with E-state index in [9.17, 15) is 14.4 Å². The van der Waals surface area contributed by atoms with Crippen LogP contribution in [-0.2, 0) is 14.3 Å². The molecule has 0 heterocycles. The number of ether oxygens (including phenoxy) is 1. The van der Waals surface area contributed by atoms with Crippen LogP contribution >= 0.6 is 0 Å². The van der Waals surface area contributed by atoms with Crippen LogP contribution in [-0.4, -0.2) is 62.5 Å². The number of amides is 2. The molecule has 1 aromatic carbocycles. The van der Waals surface area contributed by atoms with Gasteiger partial charge in [0.2, 0.25) is 5.91 Å². The summed E-state index contributed by atoms with van der Waals surface area (Å²) in [6.45, 7) is 5.07. The van der Waals surface area contributed by atoms with Gasteiger partial charge in [0.25, 0.3) is 5.91 Å². The molecular weight excluding hydrogens is 322 g/mol. The van der Waals surface area contributed by atoms with E-state index in [1.807, 2.05) is 39.8 Å². The molecule has 0 atom stereocenters. The Morgan fingerprint density at radius 2 is 1.60 bits per heavy atom. The smallest absolute Gasteiger partial charge is 0.338 e. The second kappa shape index (κ2) is 8.50. The van der Waals surface area contributed by atoms with Crippen LogP contribution in [0.15, 0.2) is 24.3 Å². The van der Waals surface area contributed by atoms with E-state index < -0.39 is 18.5 Å². The number of likely N-dealkylation sites (N-methyl/N-ethyl adjacent to an activating group) is 1. The molecule has 0 fully saturated rings. The summed E-state index contributed by atoms with van der Waals surface area (Å²) in [5.74, 6) is -1.29. The highest BCUT2D eigenvalue weighted by atomic mass is 16.5. The van der Waals surface area contributed by atoms with Gasteiger partial charge in [-0.1, -0.05) is 0 Å². The van der Waals surface area contributed by atoms with E-state index in [2.05, 4.69) is 5.32 Å². The highest BCUT2D eigenvalue weighted by Crippen LogP contribution is 2.13. The number of carbonyl (C=O) groups excluding carboxylic acids is 3. The van der Waals surface area contributed by atoms with Crippen molar-refractivity contribution in [1.82, 2.24) is 10.2 Å². The molecule has 0 aromatic heterocycles. The largest absolute Gasteiger partial charge is 0.452 e. The van der Waals surface area contributed by atoms with Crippen LogP contribution < -0.4 is 10.2 Å². The monoisotopic (exact) mass is 349 g/mol. The lowest BCUT2D eigenvalue weighted by molar-refractivity contribution is -0.137. The van der Waals surface area contributed by atoms with Crippen molar-refractivity contribution in [3.63, 3.8) is 0 Å².